The Morgan fingerprint density at radius 2 is 2.17 bits per heavy atom. The molecule has 0 fully saturated rings. The van der Waals surface area contributed by atoms with Crippen molar-refractivity contribution in [1.29, 1.82) is 0 Å². The molecule has 0 amide bonds. The molecule has 0 aromatic heterocycles. The summed E-state index contributed by atoms with van der Waals surface area (Å²) in [7, 11) is 0. The number of carboxylic acid groups (broad SMARTS) is 1. The number of halogens is 1. The van der Waals surface area contributed by atoms with E-state index in [4.69, 9.17) is 20.3 Å². The molecule has 0 spiro atoms. The van der Waals surface area contributed by atoms with Crippen molar-refractivity contribution >= 4 is 5.97 Å². The quantitative estimate of drug-likeness (QED) is 0.717. The Bertz CT molecular complexity index is 491. The van der Waals surface area contributed by atoms with E-state index in [9.17, 15) is 14.3 Å². The number of benzene rings is 1. The Morgan fingerprint density at radius 1 is 1.50 bits per heavy atom. The fourth-order valence-corrected chi connectivity index (χ4v) is 1.71. The van der Waals surface area contributed by atoms with Gasteiger partial charge in [0.25, 0.3) is 0 Å². The molecule has 1 aromatic rings. The van der Waals surface area contributed by atoms with Gasteiger partial charge in [0.15, 0.2) is 23.1 Å². The molecule has 1 aromatic carbocycles. The highest BCUT2D eigenvalue weighted by atomic mass is 19.1. The Labute approximate surface area is 102 Å². The first-order valence-electron chi connectivity index (χ1n) is 5.29. The highest BCUT2D eigenvalue weighted by molar-refractivity contribution is 5.74. The predicted molar refractivity (Wildman–Crippen MR) is 58.4 cm³/mol. The minimum atomic E-state index is -1.28. The van der Waals surface area contributed by atoms with Gasteiger partial charge in [0, 0.05) is 18.1 Å². The molecular weight excluding hydrogens is 245 g/mol. The first-order valence-corrected chi connectivity index (χ1v) is 5.29. The lowest BCUT2D eigenvalue weighted by Crippen LogP contribution is -2.33. The lowest BCUT2D eigenvalue weighted by Gasteiger charge is -2.22. The van der Waals surface area contributed by atoms with Gasteiger partial charge in [0.1, 0.15) is 19.3 Å². The number of hydrogen-bond donors (Lipinski definition) is 3. The summed E-state index contributed by atoms with van der Waals surface area (Å²) in [6.07, 6.45) is -0.290. The second-order valence-electron chi connectivity index (χ2n) is 3.86. The second-order valence-corrected chi connectivity index (χ2v) is 3.86. The van der Waals surface area contributed by atoms with E-state index in [0.29, 0.717) is 0 Å². The number of ether oxygens (including phenoxy) is 2. The number of rotatable bonds is 3. The molecule has 1 unspecified atom stereocenters. The molecule has 1 heterocycles. The lowest BCUT2D eigenvalue weighted by molar-refractivity contribution is -0.138. The highest BCUT2D eigenvalue weighted by Gasteiger charge is 2.26. The maximum Gasteiger partial charge on any atom is 0.320 e. The fraction of sp³-hybridized carbons (Fsp3) is 0.364. The molecule has 4 N–H and O–H groups in total. The van der Waals surface area contributed by atoms with Gasteiger partial charge >= 0.3 is 5.97 Å². The third kappa shape index (κ3) is 2.17. The van der Waals surface area contributed by atoms with Gasteiger partial charge in [-0.15, -0.1) is 0 Å². The first-order chi connectivity index (χ1) is 8.50. The molecule has 0 aliphatic carbocycles. The van der Waals surface area contributed by atoms with Crippen LogP contribution in [-0.4, -0.2) is 35.4 Å². The van der Waals surface area contributed by atoms with Crippen LogP contribution in [0.5, 0.6) is 17.2 Å². The van der Waals surface area contributed by atoms with E-state index in [-0.39, 0.29) is 36.7 Å². The van der Waals surface area contributed by atoms with Crippen LogP contribution in [0.1, 0.15) is 5.56 Å². The van der Waals surface area contributed by atoms with E-state index < -0.39 is 23.6 Å². The topological polar surface area (TPSA) is 102 Å². The van der Waals surface area contributed by atoms with Crippen molar-refractivity contribution < 1.29 is 28.9 Å². The van der Waals surface area contributed by atoms with E-state index in [2.05, 4.69) is 0 Å². The van der Waals surface area contributed by atoms with E-state index in [1.54, 1.807) is 0 Å². The standard InChI is InChI=1S/C11H12FNO5/c12-9-5(3-6(13)11(15)16)10-8(4-7(9)14)17-1-2-18-10/h4,6,14H,1-3,13H2,(H,15,16). The molecule has 0 bridgehead atoms. The van der Waals surface area contributed by atoms with Gasteiger partial charge in [-0.05, 0) is 0 Å². The van der Waals surface area contributed by atoms with Crippen LogP contribution < -0.4 is 15.2 Å². The predicted octanol–water partition coefficient (Wildman–Crippen LogP) is 0.257. The summed E-state index contributed by atoms with van der Waals surface area (Å²) < 4.78 is 24.2. The summed E-state index contributed by atoms with van der Waals surface area (Å²) in [5.74, 6) is -2.52. The zero-order chi connectivity index (χ0) is 13.3. The molecule has 0 saturated heterocycles. The third-order valence-corrected chi connectivity index (χ3v) is 2.58. The lowest BCUT2D eigenvalue weighted by atomic mass is 10.0. The number of aromatic hydroxyl groups is 1. The average molecular weight is 257 g/mol. The van der Waals surface area contributed by atoms with E-state index in [1.807, 2.05) is 0 Å². The SMILES string of the molecule is NC(Cc1c(F)c(O)cc2c1OCCO2)C(=O)O. The number of hydrogen-bond acceptors (Lipinski definition) is 5. The summed E-state index contributed by atoms with van der Waals surface area (Å²) in [6, 6.07) is -0.185. The molecule has 1 aliphatic rings. The summed E-state index contributed by atoms with van der Waals surface area (Å²) in [5.41, 5.74) is 5.27. The van der Waals surface area contributed by atoms with Crippen molar-refractivity contribution in [3.05, 3.63) is 17.4 Å². The zero-order valence-electron chi connectivity index (χ0n) is 9.35. The number of aliphatic carboxylic acids is 1. The molecule has 2 rings (SSSR count). The van der Waals surface area contributed by atoms with Crippen molar-refractivity contribution in [2.45, 2.75) is 12.5 Å². The summed E-state index contributed by atoms with van der Waals surface area (Å²) >= 11 is 0. The molecule has 6 nitrogen and oxygen atoms in total. The number of carboxylic acids is 1. The summed E-state index contributed by atoms with van der Waals surface area (Å²) in [5, 5.41) is 18.1. The molecule has 1 aliphatic heterocycles. The van der Waals surface area contributed by atoms with Gasteiger partial charge in [0.05, 0.1) is 0 Å². The minimum Gasteiger partial charge on any atom is -0.505 e. The number of fused-ring (bicyclic) bond motifs is 1. The van der Waals surface area contributed by atoms with Gasteiger partial charge in [-0.3, -0.25) is 4.79 Å². The molecule has 98 valence electrons. The summed E-state index contributed by atoms with van der Waals surface area (Å²) in [4.78, 5) is 10.7. The summed E-state index contributed by atoms with van der Waals surface area (Å²) in [6.45, 7) is 0.509. The monoisotopic (exact) mass is 257 g/mol. The van der Waals surface area contributed by atoms with Crippen LogP contribution in [0.25, 0.3) is 0 Å². The van der Waals surface area contributed by atoms with Crippen molar-refractivity contribution in [2.24, 2.45) is 5.73 Å². The van der Waals surface area contributed by atoms with E-state index in [0.717, 1.165) is 6.07 Å². The van der Waals surface area contributed by atoms with Crippen LogP contribution in [0.15, 0.2) is 6.07 Å². The van der Waals surface area contributed by atoms with E-state index in [1.165, 1.54) is 0 Å². The maximum atomic E-state index is 13.8. The zero-order valence-corrected chi connectivity index (χ0v) is 9.35. The normalized spacial score (nSPS) is 15.2. The van der Waals surface area contributed by atoms with Crippen LogP contribution in [0.2, 0.25) is 0 Å². The number of nitrogens with two attached hydrogens (primary N) is 1. The largest absolute Gasteiger partial charge is 0.505 e. The Hall–Kier alpha value is -2.02. The van der Waals surface area contributed by atoms with E-state index >= 15 is 0 Å². The number of carbonyl (C=O) groups is 1. The van der Waals surface area contributed by atoms with Crippen LogP contribution in [0, 0.1) is 5.82 Å². The number of phenols is 1. The fourth-order valence-electron chi connectivity index (χ4n) is 1.71. The minimum absolute atomic E-state index is 0.0837. The molecule has 18 heavy (non-hydrogen) atoms. The smallest absolute Gasteiger partial charge is 0.320 e. The average Bonchev–Trinajstić information content (AvgIpc) is 2.34. The van der Waals surface area contributed by atoms with Crippen LogP contribution in [0.3, 0.4) is 0 Å². The van der Waals surface area contributed by atoms with Crippen molar-refractivity contribution in [1.82, 2.24) is 0 Å². The Morgan fingerprint density at radius 3 is 2.83 bits per heavy atom. The Kier molecular flexibility index (Phi) is 3.24. The van der Waals surface area contributed by atoms with Crippen LogP contribution in [0.4, 0.5) is 4.39 Å². The molecule has 1 atom stereocenters. The van der Waals surface area contributed by atoms with Crippen molar-refractivity contribution in [3.63, 3.8) is 0 Å². The third-order valence-electron chi connectivity index (χ3n) is 2.58. The molecular formula is C11H12FNO5. The number of phenolic OH excluding ortho intramolecular Hbond substituents is 1. The van der Waals surface area contributed by atoms with Crippen LogP contribution >= 0.6 is 0 Å². The van der Waals surface area contributed by atoms with Gasteiger partial charge in [-0.2, -0.15) is 0 Å². The first kappa shape index (κ1) is 12.4. The molecule has 0 saturated carbocycles. The maximum absolute atomic E-state index is 13.8. The molecule has 0 radical (unpaired) electrons. The second kappa shape index (κ2) is 4.69. The van der Waals surface area contributed by atoms with Gasteiger partial charge in [0.2, 0.25) is 0 Å². The van der Waals surface area contributed by atoms with Crippen molar-refractivity contribution in [2.75, 3.05) is 13.2 Å². The van der Waals surface area contributed by atoms with Gasteiger partial charge in [-0.25, -0.2) is 4.39 Å². The highest BCUT2D eigenvalue weighted by Crippen LogP contribution is 2.40. The molecule has 7 heteroatoms. The van der Waals surface area contributed by atoms with Crippen molar-refractivity contribution in [3.8, 4) is 17.2 Å². The van der Waals surface area contributed by atoms with Gasteiger partial charge < -0.3 is 25.4 Å². The van der Waals surface area contributed by atoms with Gasteiger partial charge in [-0.1, -0.05) is 0 Å². The Balaban J connectivity index is 2.43. The van der Waals surface area contributed by atoms with Crippen LogP contribution in [-0.2, 0) is 11.2 Å².